The molecule has 0 radical (unpaired) electrons. The summed E-state index contributed by atoms with van der Waals surface area (Å²) in [4.78, 5) is 11.1. The Hall–Kier alpha value is -1.09. The van der Waals surface area contributed by atoms with Gasteiger partial charge in [0.05, 0.1) is 6.10 Å². The van der Waals surface area contributed by atoms with Crippen LogP contribution in [0.1, 0.15) is 106 Å². The quantitative estimate of drug-likeness (QED) is 0.335. The summed E-state index contributed by atoms with van der Waals surface area (Å²) in [6, 6.07) is 0. The molecule has 3 fully saturated rings. The second-order valence-corrected chi connectivity index (χ2v) is 13.5. The maximum Gasteiger partial charge on any atom is 0.330 e. The van der Waals surface area contributed by atoms with Crippen LogP contribution < -0.4 is 0 Å². The zero-order valence-electron chi connectivity index (χ0n) is 22.2. The fraction of sp³-hybridized carbons (Fsp3) is 0.833. The molecule has 4 aliphatic carbocycles. The van der Waals surface area contributed by atoms with Gasteiger partial charge in [0.2, 0.25) is 0 Å². The molecule has 0 bridgehead atoms. The minimum absolute atomic E-state index is 0.0904. The van der Waals surface area contributed by atoms with Crippen LogP contribution in [0.15, 0.2) is 23.3 Å². The molecule has 4 rings (SSSR count). The van der Waals surface area contributed by atoms with Crippen LogP contribution in [0.25, 0.3) is 0 Å². The van der Waals surface area contributed by atoms with Gasteiger partial charge in [0.15, 0.2) is 0 Å². The molecule has 4 aliphatic rings. The van der Waals surface area contributed by atoms with Gasteiger partial charge in [-0.05, 0) is 105 Å². The van der Waals surface area contributed by atoms with E-state index in [1.807, 2.05) is 6.08 Å². The van der Waals surface area contributed by atoms with Crippen LogP contribution in [-0.2, 0) is 4.79 Å². The first-order chi connectivity index (χ1) is 15.3. The molecule has 0 aromatic heterocycles. The number of allylic oxidation sites excluding steroid dienone is 2. The number of carboxylic acids is 1. The maximum absolute atomic E-state index is 11.1. The van der Waals surface area contributed by atoms with Crippen LogP contribution in [-0.4, -0.2) is 22.3 Å². The van der Waals surface area contributed by atoms with Crippen molar-refractivity contribution in [3.8, 4) is 0 Å². The molecule has 0 heterocycles. The van der Waals surface area contributed by atoms with Crippen LogP contribution >= 0.6 is 0 Å². The van der Waals surface area contributed by atoms with Crippen molar-refractivity contribution in [2.75, 3.05) is 0 Å². The lowest BCUT2D eigenvalue weighted by atomic mass is 9.39. The first kappa shape index (κ1) is 25.0. The normalized spacial score (nSPS) is 45.5. The summed E-state index contributed by atoms with van der Waals surface area (Å²) >= 11 is 0. The molecule has 2 N–H and O–H groups in total. The minimum atomic E-state index is -0.794. The molecular weight excluding hydrogens is 408 g/mol. The molecule has 186 valence electrons. The second kappa shape index (κ2) is 8.25. The van der Waals surface area contributed by atoms with E-state index in [4.69, 9.17) is 5.11 Å². The Morgan fingerprint density at radius 3 is 2.45 bits per heavy atom. The Labute approximate surface area is 202 Å². The van der Waals surface area contributed by atoms with Gasteiger partial charge in [0.25, 0.3) is 0 Å². The molecule has 3 nitrogen and oxygen atoms in total. The average molecular weight is 457 g/mol. The number of aliphatic hydroxyl groups is 1. The van der Waals surface area contributed by atoms with Crippen LogP contribution in [0, 0.1) is 45.3 Å². The Morgan fingerprint density at radius 1 is 1.09 bits per heavy atom. The van der Waals surface area contributed by atoms with Crippen molar-refractivity contribution in [1.29, 1.82) is 0 Å². The lowest BCUT2D eigenvalue weighted by Gasteiger charge is -2.66. The summed E-state index contributed by atoms with van der Waals surface area (Å²) in [5, 5.41) is 19.9. The van der Waals surface area contributed by atoms with E-state index in [0.717, 1.165) is 37.5 Å². The summed E-state index contributed by atoms with van der Waals surface area (Å²) in [6.07, 6.45) is 14.7. The first-order valence-corrected chi connectivity index (χ1v) is 13.6. The summed E-state index contributed by atoms with van der Waals surface area (Å²) < 4.78 is 0. The maximum atomic E-state index is 11.1. The highest BCUT2D eigenvalue weighted by atomic mass is 16.4. The van der Waals surface area contributed by atoms with Crippen LogP contribution in [0.5, 0.6) is 0 Å². The Kier molecular flexibility index (Phi) is 6.25. The van der Waals surface area contributed by atoms with Crippen LogP contribution in [0.2, 0.25) is 0 Å². The highest BCUT2D eigenvalue weighted by Crippen LogP contribution is 2.74. The summed E-state index contributed by atoms with van der Waals surface area (Å²) in [7, 11) is 0. The zero-order valence-corrected chi connectivity index (χ0v) is 22.2. The second-order valence-electron chi connectivity index (χ2n) is 13.5. The molecular formula is C30H48O3. The molecule has 1 unspecified atom stereocenters. The third kappa shape index (κ3) is 3.58. The lowest BCUT2D eigenvalue weighted by molar-refractivity contribution is -0.145. The van der Waals surface area contributed by atoms with Gasteiger partial charge in [0, 0.05) is 11.0 Å². The van der Waals surface area contributed by atoms with Crippen LogP contribution in [0.3, 0.4) is 0 Å². The molecule has 8 atom stereocenters. The van der Waals surface area contributed by atoms with Crippen LogP contribution in [0.4, 0.5) is 0 Å². The molecule has 0 aromatic rings. The van der Waals surface area contributed by atoms with Crippen molar-refractivity contribution in [2.45, 2.75) is 112 Å². The van der Waals surface area contributed by atoms with E-state index in [1.54, 1.807) is 12.5 Å². The largest absolute Gasteiger partial charge is 0.478 e. The van der Waals surface area contributed by atoms with Crippen molar-refractivity contribution >= 4 is 5.97 Å². The third-order valence-corrected chi connectivity index (χ3v) is 12.0. The van der Waals surface area contributed by atoms with E-state index >= 15 is 0 Å². The molecule has 0 spiro atoms. The van der Waals surface area contributed by atoms with E-state index < -0.39 is 5.97 Å². The number of aliphatic carboxylic acids is 1. The molecule has 3 heteroatoms. The third-order valence-electron chi connectivity index (χ3n) is 12.0. The topological polar surface area (TPSA) is 57.5 Å². The summed E-state index contributed by atoms with van der Waals surface area (Å²) in [5.74, 6) is 1.89. The van der Waals surface area contributed by atoms with Gasteiger partial charge < -0.3 is 10.2 Å². The predicted octanol–water partition coefficient (Wildman–Crippen LogP) is 7.40. The van der Waals surface area contributed by atoms with Crippen molar-refractivity contribution in [3.63, 3.8) is 0 Å². The van der Waals surface area contributed by atoms with Gasteiger partial charge in [-0.2, -0.15) is 0 Å². The Bertz CT molecular complexity index is 853. The fourth-order valence-corrected chi connectivity index (χ4v) is 9.48. The van der Waals surface area contributed by atoms with Gasteiger partial charge in [0.1, 0.15) is 0 Å². The highest BCUT2D eigenvalue weighted by molar-refractivity contribution is 5.85. The Balaban J connectivity index is 1.58. The van der Waals surface area contributed by atoms with Crippen molar-refractivity contribution in [2.24, 2.45) is 45.3 Å². The van der Waals surface area contributed by atoms with Gasteiger partial charge in [-0.25, -0.2) is 4.79 Å². The fourth-order valence-electron chi connectivity index (χ4n) is 9.48. The number of hydrogen-bond donors (Lipinski definition) is 2. The number of fused-ring (bicyclic) bond motifs is 5. The van der Waals surface area contributed by atoms with Crippen molar-refractivity contribution in [3.05, 3.63) is 23.3 Å². The Morgan fingerprint density at radius 2 is 1.79 bits per heavy atom. The first-order valence-electron chi connectivity index (χ1n) is 13.6. The highest BCUT2D eigenvalue weighted by Gasteiger charge is 2.67. The monoisotopic (exact) mass is 456 g/mol. The minimum Gasteiger partial charge on any atom is -0.478 e. The van der Waals surface area contributed by atoms with E-state index in [-0.39, 0.29) is 11.5 Å². The van der Waals surface area contributed by atoms with Gasteiger partial charge in [-0.1, -0.05) is 59.3 Å². The van der Waals surface area contributed by atoms with E-state index in [0.29, 0.717) is 33.7 Å². The molecule has 0 aromatic carbocycles. The van der Waals surface area contributed by atoms with Gasteiger partial charge in [-0.3, -0.25) is 0 Å². The number of hydrogen-bond acceptors (Lipinski definition) is 2. The molecule has 0 aliphatic heterocycles. The zero-order chi connectivity index (χ0) is 24.4. The van der Waals surface area contributed by atoms with E-state index in [1.165, 1.54) is 32.1 Å². The smallest absolute Gasteiger partial charge is 0.330 e. The molecule has 33 heavy (non-hydrogen) atoms. The number of rotatable bonds is 5. The molecule has 0 amide bonds. The number of carbonyl (C=O) groups is 1. The number of aliphatic hydroxyl groups excluding tert-OH is 1. The molecule has 3 saturated carbocycles. The van der Waals surface area contributed by atoms with Crippen molar-refractivity contribution in [1.82, 2.24) is 0 Å². The summed E-state index contributed by atoms with van der Waals surface area (Å²) in [5.41, 5.74) is 2.99. The lowest BCUT2D eigenvalue weighted by Crippen LogP contribution is -2.59. The predicted molar refractivity (Wildman–Crippen MR) is 135 cm³/mol. The summed E-state index contributed by atoms with van der Waals surface area (Å²) in [6.45, 7) is 16.5. The van der Waals surface area contributed by atoms with E-state index in [9.17, 15) is 9.90 Å². The molecule has 0 saturated heterocycles. The standard InChI is InChI=1S/C30H48O3/c1-19(9-8-10-20(2)26(32)33)21-15-16-30(7)24-13-11-22-23(12-14-25(31)27(22,3)4)28(24,5)17-18-29(21,30)6/h10-11,19,21,23-25,31H,8-9,12-18H2,1-7H3,(H,32,33)/b20-10+/t19-,21+,23+,24+,25?,28-,29+,30-/m0/s1. The SMILES string of the molecule is C/C(=C\CC[C@H](C)[C@H]1CC[C@@]2(C)[C@@H]3CC=C4[C@@H](CCC(O)C4(C)C)[C@]3(C)CC[C@]12C)C(=O)O. The van der Waals surface area contributed by atoms with E-state index in [2.05, 4.69) is 47.6 Å². The number of carboxylic acid groups (broad SMARTS) is 1. The van der Waals surface area contributed by atoms with Crippen molar-refractivity contribution < 1.29 is 15.0 Å². The van der Waals surface area contributed by atoms with Gasteiger partial charge in [-0.15, -0.1) is 0 Å². The van der Waals surface area contributed by atoms with Gasteiger partial charge >= 0.3 is 5.97 Å². The average Bonchev–Trinajstić information content (AvgIpc) is 3.02.